The van der Waals surface area contributed by atoms with Crippen molar-refractivity contribution in [3.63, 3.8) is 0 Å². The number of hydrogen-bond acceptors (Lipinski definition) is 4. The number of amides is 1. The third-order valence-corrected chi connectivity index (χ3v) is 3.71. The number of aliphatic hydroxyl groups is 1. The maximum Gasteiger partial charge on any atom is 0.256 e. The maximum atomic E-state index is 12.4. The topological polar surface area (TPSA) is 62.7 Å². The molecule has 0 bridgehead atoms. The smallest absolute Gasteiger partial charge is 0.256 e. The summed E-state index contributed by atoms with van der Waals surface area (Å²) in [5.41, 5.74) is 1.25. The van der Waals surface area contributed by atoms with Crippen LogP contribution in [0.1, 0.15) is 28.9 Å². The van der Waals surface area contributed by atoms with Crippen LogP contribution in [0.4, 0.5) is 0 Å². The summed E-state index contributed by atoms with van der Waals surface area (Å²) in [5, 5.41) is 9.17. The Morgan fingerprint density at radius 2 is 2.25 bits per heavy atom. The number of rotatable bonds is 4. The van der Waals surface area contributed by atoms with Crippen molar-refractivity contribution in [1.82, 2.24) is 9.88 Å². The number of aliphatic hydroxyl groups excluding tert-OH is 1. The molecule has 110 valence electrons. The van der Waals surface area contributed by atoms with Gasteiger partial charge < -0.3 is 14.7 Å². The third-order valence-electron chi connectivity index (χ3n) is 3.39. The first-order valence-electron chi connectivity index (χ1n) is 6.75. The van der Waals surface area contributed by atoms with Crippen LogP contribution in [0.25, 0.3) is 0 Å². The molecule has 0 radical (unpaired) electrons. The predicted octanol–water partition coefficient (Wildman–Crippen LogP) is 1.66. The van der Waals surface area contributed by atoms with E-state index >= 15 is 0 Å². The molecule has 1 aromatic heterocycles. The lowest BCUT2D eigenvalue weighted by atomic mass is 10.1. The number of nitrogens with zero attached hydrogens (tertiary/aromatic N) is 2. The van der Waals surface area contributed by atoms with Crippen LogP contribution in [-0.4, -0.2) is 53.3 Å². The minimum absolute atomic E-state index is 0.0315. The fraction of sp³-hybridized carbons (Fsp3) is 0.571. The van der Waals surface area contributed by atoms with E-state index in [4.69, 9.17) is 21.4 Å². The summed E-state index contributed by atoms with van der Waals surface area (Å²) in [6.07, 6.45) is 3.22. The van der Waals surface area contributed by atoms with Crippen molar-refractivity contribution in [2.45, 2.75) is 25.9 Å². The van der Waals surface area contributed by atoms with Crippen LogP contribution in [0, 0.1) is 6.92 Å². The second kappa shape index (κ2) is 7.02. The molecule has 20 heavy (non-hydrogen) atoms. The van der Waals surface area contributed by atoms with Crippen molar-refractivity contribution in [3.8, 4) is 0 Å². The molecular weight excluding hydrogens is 280 g/mol. The first-order chi connectivity index (χ1) is 9.61. The maximum absolute atomic E-state index is 12.4. The summed E-state index contributed by atoms with van der Waals surface area (Å²) in [4.78, 5) is 18.3. The second-order valence-corrected chi connectivity index (χ2v) is 5.30. The lowest BCUT2D eigenvalue weighted by Gasteiger charge is -2.32. The predicted molar refractivity (Wildman–Crippen MR) is 75.9 cm³/mol. The highest BCUT2D eigenvalue weighted by Crippen LogP contribution is 2.21. The number of aryl methyl sites for hydroxylation is 1. The van der Waals surface area contributed by atoms with Gasteiger partial charge in [0.15, 0.2) is 0 Å². The Hall–Kier alpha value is -1.17. The molecule has 5 nitrogen and oxygen atoms in total. The number of carbonyl (C=O) groups is 1. The van der Waals surface area contributed by atoms with Gasteiger partial charge in [-0.05, 0) is 25.8 Å². The van der Waals surface area contributed by atoms with Gasteiger partial charge in [-0.1, -0.05) is 11.6 Å². The number of pyridine rings is 1. The highest BCUT2D eigenvalue weighted by molar-refractivity contribution is 6.33. The average molecular weight is 299 g/mol. The van der Waals surface area contributed by atoms with Gasteiger partial charge in [0, 0.05) is 25.0 Å². The SMILES string of the molecule is Cc1cc(Cl)c(C(=O)N2CCC(OCCO)CC2)cn1. The third kappa shape index (κ3) is 3.69. The molecule has 0 unspecified atom stereocenters. The van der Waals surface area contributed by atoms with E-state index in [1.54, 1.807) is 11.0 Å². The molecule has 2 rings (SSSR count). The Kier molecular flexibility index (Phi) is 5.34. The zero-order chi connectivity index (χ0) is 14.5. The summed E-state index contributed by atoms with van der Waals surface area (Å²) in [6.45, 7) is 3.50. The molecule has 0 atom stereocenters. The largest absolute Gasteiger partial charge is 0.394 e. The number of ether oxygens (including phenoxy) is 1. The van der Waals surface area contributed by atoms with Crippen LogP contribution in [0.15, 0.2) is 12.3 Å². The molecule has 0 aromatic carbocycles. The molecule has 1 aromatic rings. The number of likely N-dealkylation sites (tertiary alicyclic amines) is 1. The van der Waals surface area contributed by atoms with Gasteiger partial charge in [-0.2, -0.15) is 0 Å². The zero-order valence-corrected chi connectivity index (χ0v) is 12.3. The van der Waals surface area contributed by atoms with Crippen molar-refractivity contribution < 1.29 is 14.6 Å². The molecular formula is C14H19ClN2O3. The Balaban J connectivity index is 1.94. The highest BCUT2D eigenvalue weighted by atomic mass is 35.5. The van der Waals surface area contributed by atoms with E-state index in [9.17, 15) is 4.79 Å². The lowest BCUT2D eigenvalue weighted by molar-refractivity contribution is -0.00554. The van der Waals surface area contributed by atoms with Crippen molar-refractivity contribution in [2.24, 2.45) is 0 Å². The molecule has 1 saturated heterocycles. The number of piperidine rings is 1. The molecule has 1 aliphatic heterocycles. The summed E-state index contributed by atoms with van der Waals surface area (Å²) in [5.74, 6) is -0.0805. The molecule has 6 heteroatoms. The normalized spacial score (nSPS) is 16.4. The van der Waals surface area contributed by atoms with Gasteiger partial charge in [0.1, 0.15) is 0 Å². The molecule has 1 amide bonds. The molecule has 1 N–H and O–H groups in total. The van der Waals surface area contributed by atoms with E-state index in [0.717, 1.165) is 18.5 Å². The van der Waals surface area contributed by atoms with Crippen molar-refractivity contribution in [2.75, 3.05) is 26.3 Å². The van der Waals surface area contributed by atoms with Gasteiger partial charge in [0.2, 0.25) is 0 Å². The van der Waals surface area contributed by atoms with Crippen molar-refractivity contribution in [3.05, 3.63) is 28.5 Å². The molecule has 0 saturated carbocycles. The quantitative estimate of drug-likeness (QED) is 0.918. The van der Waals surface area contributed by atoms with Crippen LogP contribution in [-0.2, 0) is 4.74 Å². The molecule has 0 spiro atoms. The van der Waals surface area contributed by atoms with Crippen LogP contribution in [0.5, 0.6) is 0 Å². The Morgan fingerprint density at radius 1 is 1.55 bits per heavy atom. The van der Waals surface area contributed by atoms with E-state index in [0.29, 0.717) is 30.3 Å². The number of hydrogen-bond donors (Lipinski definition) is 1. The molecule has 1 fully saturated rings. The van der Waals surface area contributed by atoms with Gasteiger partial charge in [-0.25, -0.2) is 0 Å². The van der Waals surface area contributed by atoms with Crippen LogP contribution >= 0.6 is 11.6 Å². The molecule has 2 heterocycles. The van der Waals surface area contributed by atoms with Crippen LogP contribution < -0.4 is 0 Å². The van der Waals surface area contributed by atoms with Gasteiger partial charge >= 0.3 is 0 Å². The van der Waals surface area contributed by atoms with E-state index in [1.807, 2.05) is 6.92 Å². The van der Waals surface area contributed by atoms with E-state index in [2.05, 4.69) is 4.98 Å². The van der Waals surface area contributed by atoms with Crippen molar-refractivity contribution >= 4 is 17.5 Å². The van der Waals surface area contributed by atoms with E-state index in [1.165, 1.54) is 6.20 Å². The first kappa shape index (κ1) is 15.2. The van der Waals surface area contributed by atoms with Gasteiger partial charge in [-0.3, -0.25) is 9.78 Å². The van der Waals surface area contributed by atoms with E-state index < -0.39 is 0 Å². The number of halogens is 1. The Labute approximate surface area is 123 Å². The van der Waals surface area contributed by atoms with Gasteiger partial charge in [0.25, 0.3) is 5.91 Å². The standard InChI is InChI=1S/C14H19ClN2O3/c1-10-8-13(15)12(9-16-10)14(19)17-4-2-11(3-5-17)20-7-6-18/h8-9,11,18H,2-7H2,1H3. The first-order valence-corrected chi connectivity index (χ1v) is 7.13. The van der Waals surface area contributed by atoms with Crippen LogP contribution in [0.3, 0.4) is 0 Å². The average Bonchev–Trinajstić information content (AvgIpc) is 2.45. The van der Waals surface area contributed by atoms with E-state index in [-0.39, 0.29) is 18.6 Å². The fourth-order valence-corrected chi connectivity index (χ4v) is 2.59. The minimum atomic E-state index is -0.0805. The summed E-state index contributed by atoms with van der Waals surface area (Å²) >= 11 is 6.10. The van der Waals surface area contributed by atoms with Gasteiger partial charge in [-0.15, -0.1) is 0 Å². The summed E-state index contributed by atoms with van der Waals surface area (Å²) in [6, 6.07) is 1.70. The lowest BCUT2D eigenvalue weighted by Crippen LogP contribution is -2.41. The summed E-state index contributed by atoms with van der Waals surface area (Å²) in [7, 11) is 0. The monoisotopic (exact) mass is 298 g/mol. The van der Waals surface area contributed by atoms with Crippen LogP contribution in [0.2, 0.25) is 5.02 Å². The Bertz CT molecular complexity index is 473. The Morgan fingerprint density at radius 3 is 2.85 bits per heavy atom. The highest BCUT2D eigenvalue weighted by Gasteiger charge is 2.25. The molecule has 1 aliphatic rings. The molecule has 0 aliphatic carbocycles. The number of carbonyl (C=O) groups excluding carboxylic acids is 1. The second-order valence-electron chi connectivity index (χ2n) is 4.89. The zero-order valence-electron chi connectivity index (χ0n) is 11.5. The summed E-state index contributed by atoms with van der Waals surface area (Å²) < 4.78 is 5.48. The number of aromatic nitrogens is 1. The fourth-order valence-electron chi connectivity index (χ4n) is 2.30. The van der Waals surface area contributed by atoms with Crippen molar-refractivity contribution in [1.29, 1.82) is 0 Å². The minimum Gasteiger partial charge on any atom is -0.394 e. The van der Waals surface area contributed by atoms with Gasteiger partial charge in [0.05, 0.1) is 29.9 Å².